The number of aliphatic hydroxyl groups excluding tert-OH is 1. The molecule has 18 heavy (non-hydrogen) atoms. The summed E-state index contributed by atoms with van der Waals surface area (Å²) in [5, 5.41) is 16.7. The van der Waals surface area contributed by atoms with Gasteiger partial charge in [-0.2, -0.15) is 5.10 Å². The van der Waals surface area contributed by atoms with Crippen LogP contribution in [0, 0.1) is 0 Å². The summed E-state index contributed by atoms with van der Waals surface area (Å²) >= 11 is 0. The van der Waals surface area contributed by atoms with Gasteiger partial charge < -0.3 is 16.2 Å². The summed E-state index contributed by atoms with van der Waals surface area (Å²) in [5.41, 5.74) is 5.48. The van der Waals surface area contributed by atoms with E-state index in [1.165, 1.54) is 4.68 Å². The zero-order valence-electron chi connectivity index (χ0n) is 10.4. The Morgan fingerprint density at radius 1 is 1.50 bits per heavy atom. The number of hydrogen-bond acceptors (Lipinski definition) is 4. The van der Waals surface area contributed by atoms with Gasteiger partial charge in [-0.15, -0.1) is 0 Å². The third-order valence-electron chi connectivity index (χ3n) is 3.29. The zero-order chi connectivity index (χ0) is 13.0. The molecule has 100 valence electrons. The van der Waals surface area contributed by atoms with Gasteiger partial charge in [0.05, 0.1) is 12.1 Å². The number of nitrogens with two attached hydrogens (primary N) is 1. The minimum absolute atomic E-state index is 0.132. The minimum Gasteiger partial charge on any atom is -0.391 e. The molecule has 0 aromatic carbocycles. The Hall–Kier alpha value is -1.56. The van der Waals surface area contributed by atoms with Crippen LogP contribution in [0.5, 0.6) is 0 Å². The zero-order valence-corrected chi connectivity index (χ0v) is 10.4. The maximum Gasteiger partial charge on any atom is 0.242 e. The highest BCUT2D eigenvalue weighted by atomic mass is 16.3. The third kappa shape index (κ3) is 3.46. The molecular weight excluding hydrogens is 232 g/mol. The highest BCUT2D eigenvalue weighted by Gasteiger charge is 2.23. The summed E-state index contributed by atoms with van der Waals surface area (Å²) in [5.74, 6) is 0.265. The lowest BCUT2D eigenvalue weighted by Crippen LogP contribution is -2.44. The molecule has 0 aliphatic heterocycles. The van der Waals surface area contributed by atoms with Gasteiger partial charge in [-0.1, -0.05) is 19.3 Å². The lowest BCUT2D eigenvalue weighted by molar-refractivity contribution is -0.123. The number of carbonyl (C=O) groups is 1. The van der Waals surface area contributed by atoms with Crippen molar-refractivity contribution in [3.63, 3.8) is 0 Å². The van der Waals surface area contributed by atoms with E-state index in [-0.39, 0.29) is 18.5 Å². The molecule has 0 spiro atoms. The van der Waals surface area contributed by atoms with E-state index < -0.39 is 6.10 Å². The predicted octanol–water partition coefficient (Wildman–Crippen LogP) is 0.275. The van der Waals surface area contributed by atoms with Crippen molar-refractivity contribution < 1.29 is 9.90 Å². The average molecular weight is 252 g/mol. The van der Waals surface area contributed by atoms with Gasteiger partial charge in [-0.3, -0.25) is 9.48 Å². The summed E-state index contributed by atoms with van der Waals surface area (Å²) in [4.78, 5) is 11.8. The topological polar surface area (TPSA) is 93.2 Å². The fraction of sp³-hybridized carbons (Fsp3) is 0.667. The van der Waals surface area contributed by atoms with E-state index in [4.69, 9.17) is 5.73 Å². The minimum atomic E-state index is -0.431. The summed E-state index contributed by atoms with van der Waals surface area (Å²) in [7, 11) is 0. The highest BCUT2D eigenvalue weighted by molar-refractivity contribution is 5.76. The predicted molar refractivity (Wildman–Crippen MR) is 67.7 cm³/mol. The number of carbonyl (C=O) groups excluding carboxylic acids is 1. The van der Waals surface area contributed by atoms with Gasteiger partial charge in [0.2, 0.25) is 5.91 Å². The van der Waals surface area contributed by atoms with Crippen LogP contribution in [0.1, 0.15) is 32.1 Å². The molecule has 1 aliphatic rings. The van der Waals surface area contributed by atoms with Gasteiger partial charge in [0.1, 0.15) is 12.4 Å². The van der Waals surface area contributed by atoms with Crippen molar-refractivity contribution in [2.75, 3.05) is 5.73 Å². The van der Waals surface area contributed by atoms with Crippen LogP contribution in [0.4, 0.5) is 5.82 Å². The smallest absolute Gasteiger partial charge is 0.242 e. The number of aromatic nitrogens is 2. The fourth-order valence-electron chi connectivity index (χ4n) is 2.32. The number of anilines is 1. The molecule has 1 heterocycles. The Morgan fingerprint density at radius 3 is 3.00 bits per heavy atom. The van der Waals surface area contributed by atoms with Crippen LogP contribution in [0.15, 0.2) is 12.3 Å². The Balaban J connectivity index is 1.86. The van der Waals surface area contributed by atoms with E-state index in [0.717, 1.165) is 32.1 Å². The molecule has 0 radical (unpaired) electrons. The number of amides is 1. The molecule has 6 nitrogen and oxygen atoms in total. The van der Waals surface area contributed by atoms with E-state index in [0.29, 0.717) is 5.82 Å². The Kier molecular flexibility index (Phi) is 4.19. The van der Waals surface area contributed by atoms with E-state index in [2.05, 4.69) is 10.4 Å². The number of nitrogens with zero attached hydrogens (tertiary/aromatic N) is 2. The van der Waals surface area contributed by atoms with E-state index in [1.54, 1.807) is 12.3 Å². The number of rotatable bonds is 3. The van der Waals surface area contributed by atoms with E-state index in [9.17, 15) is 9.90 Å². The first kappa shape index (κ1) is 12.9. The van der Waals surface area contributed by atoms with E-state index >= 15 is 0 Å². The van der Waals surface area contributed by atoms with Crippen molar-refractivity contribution in [3.05, 3.63) is 12.3 Å². The summed E-state index contributed by atoms with van der Waals surface area (Å²) in [6.07, 6.45) is 6.05. The van der Waals surface area contributed by atoms with Gasteiger partial charge in [0.15, 0.2) is 0 Å². The van der Waals surface area contributed by atoms with Crippen molar-refractivity contribution in [3.8, 4) is 0 Å². The van der Waals surface area contributed by atoms with Gasteiger partial charge in [0, 0.05) is 6.20 Å². The molecule has 4 N–H and O–H groups in total. The van der Waals surface area contributed by atoms with Crippen molar-refractivity contribution in [1.29, 1.82) is 0 Å². The Labute approximate surface area is 106 Å². The van der Waals surface area contributed by atoms with E-state index in [1.807, 2.05) is 0 Å². The molecule has 2 atom stereocenters. The molecule has 1 aliphatic carbocycles. The van der Waals surface area contributed by atoms with Gasteiger partial charge in [-0.25, -0.2) is 0 Å². The number of hydrogen-bond donors (Lipinski definition) is 3. The largest absolute Gasteiger partial charge is 0.391 e. The maximum absolute atomic E-state index is 11.8. The SMILES string of the molecule is Nc1ccn(CC(=O)NC2CCCCCC2O)n1. The maximum atomic E-state index is 11.8. The van der Waals surface area contributed by atoms with Crippen molar-refractivity contribution in [1.82, 2.24) is 15.1 Å². The third-order valence-corrected chi connectivity index (χ3v) is 3.29. The average Bonchev–Trinajstić information content (AvgIpc) is 2.61. The molecule has 2 unspecified atom stereocenters. The van der Waals surface area contributed by atoms with Crippen LogP contribution in [0.2, 0.25) is 0 Å². The summed E-state index contributed by atoms with van der Waals surface area (Å²) in [6, 6.07) is 1.52. The van der Waals surface area contributed by atoms with Crippen molar-refractivity contribution >= 4 is 11.7 Å². The van der Waals surface area contributed by atoms with Crippen molar-refractivity contribution in [2.24, 2.45) is 0 Å². The first-order chi connectivity index (χ1) is 8.65. The van der Waals surface area contributed by atoms with Crippen LogP contribution in [-0.4, -0.2) is 32.9 Å². The molecule has 1 aromatic rings. The van der Waals surface area contributed by atoms with Gasteiger partial charge in [-0.05, 0) is 18.9 Å². The molecule has 1 aromatic heterocycles. The van der Waals surface area contributed by atoms with Gasteiger partial charge >= 0.3 is 0 Å². The summed E-state index contributed by atoms with van der Waals surface area (Å²) in [6.45, 7) is 0.139. The summed E-state index contributed by atoms with van der Waals surface area (Å²) < 4.78 is 1.49. The highest BCUT2D eigenvalue weighted by Crippen LogP contribution is 2.17. The molecule has 1 amide bonds. The lowest BCUT2D eigenvalue weighted by Gasteiger charge is -2.21. The van der Waals surface area contributed by atoms with Crippen LogP contribution in [-0.2, 0) is 11.3 Å². The molecule has 2 rings (SSSR count). The Morgan fingerprint density at radius 2 is 2.28 bits per heavy atom. The van der Waals surface area contributed by atoms with Crippen LogP contribution >= 0.6 is 0 Å². The normalized spacial score (nSPS) is 24.5. The van der Waals surface area contributed by atoms with Crippen LogP contribution in [0.25, 0.3) is 0 Å². The molecule has 0 bridgehead atoms. The first-order valence-electron chi connectivity index (χ1n) is 6.41. The van der Waals surface area contributed by atoms with Gasteiger partial charge in [0.25, 0.3) is 0 Å². The second kappa shape index (κ2) is 5.86. The molecule has 1 fully saturated rings. The number of nitrogen functional groups attached to an aromatic ring is 1. The second-order valence-electron chi connectivity index (χ2n) is 4.82. The quantitative estimate of drug-likeness (QED) is 0.673. The monoisotopic (exact) mass is 252 g/mol. The molecule has 1 saturated carbocycles. The molecular formula is C12H20N4O2. The second-order valence-corrected chi connectivity index (χ2v) is 4.82. The fourth-order valence-corrected chi connectivity index (χ4v) is 2.32. The van der Waals surface area contributed by atoms with Crippen molar-refractivity contribution in [2.45, 2.75) is 50.8 Å². The molecule has 6 heteroatoms. The Bertz CT molecular complexity index is 405. The standard InChI is InChI=1S/C12H20N4O2/c13-11-6-7-16(15-11)8-12(18)14-9-4-2-1-3-5-10(9)17/h6-7,9-10,17H,1-5,8H2,(H2,13,15)(H,14,18). The molecule has 0 saturated heterocycles. The first-order valence-corrected chi connectivity index (χ1v) is 6.41. The van der Waals surface area contributed by atoms with Crippen LogP contribution < -0.4 is 11.1 Å². The number of nitrogens with one attached hydrogen (secondary N) is 1. The van der Waals surface area contributed by atoms with Crippen LogP contribution in [0.3, 0.4) is 0 Å². The lowest BCUT2D eigenvalue weighted by atomic mass is 10.1. The number of aliphatic hydroxyl groups is 1.